The zero-order chi connectivity index (χ0) is 17.3. The minimum absolute atomic E-state index is 0.287. The zero-order valence-electron chi connectivity index (χ0n) is 12.7. The number of halogens is 3. The number of nitrogens with zero attached hydrogens (tertiary/aromatic N) is 1. The number of amides is 1. The topological polar surface area (TPSA) is 32.3 Å². The Labute approximate surface area is 147 Å². The van der Waals surface area contributed by atoms with E-state index in [1.54, 1.807) is 0 Å². The van der Waals surface area contributed by atoms with Gasteiger partial charge in [-0.15, -0.1) is 0 Å². The van der Waals surface area contributed by atoms with Gasteiger partial charge in [0.25, 0.3) is 5.91 Å². The number of rotatable bonds is 2. The number of nitrogens with one attached hydrogen (secondary N) is 1. The molecule has 1 amide bonds. The third kappa shape index (κ3) is 3.59. The van der Waals surface area contributed by atoms with Crippen LogP contribution in [-0.2, 0) is 11.0 Å². The molecule has 128 valence electrons. The maximum Gasteiger partial charge on any atom is 0.416 e. The number of carbonyl (C=O) groups is 1. The minimum atomic E-state index is -4.38. The summed E-state index contributed by atoms with van der Waals surface area (Å²) in [5.74, 6) is -0.287. The summed E-state index contributed by atoms with van der Waals surface area (Å²) < 4.78 is 38.7. The molecule has 0 aliphatic carbocycles. The van der Waals surface area contributed by atoms with Crippen LogP contribution in [0.2, 0.25) is 0 Å². The molecule has 3 nitrogen and oxygen atoms in total. The van der Waals surface area contributed by atoms with Crippen LogP contribution < -0.4 is 5.32 Å². The van der Waals surface area contributed by atoms with Crippen molar-refractivity contribution >= 4 is 39.9 Å². The molecule has 0 radical (unpaired) electrons. The first-order valence-electron chi connectivity index (χ1n) is 7.56. The van der Waals surface area contributed by atoms with Gasteiger partial charge in [0.1, 0.15) is 9.23 Å². The predicted octanol–water partition coefficient (Wildman–Crippen LogP) is 4.01. The van der Waals surface area contributed by atoms with E-state index in [1.165, 1.54) is 23.9 Å². The van der Waals surface area contributed by atoms with Gasteiger partial charge < -0.3 is 10.2 Å². The van der Waals surface area contributed by atoms with E-state index in [-0.39, 0.29) is 5.91 Å². The summed E-state index contributed by atoms with van der Waals surface area (Å²) in [4.78, 5) is 14.7. The fourth-order valence-corrected chi connectivity index (χ4v) is 4.02. The van der Waals surface area contributed by atoms with Crippen molar-refractivity contribution in [3.63, 3.8) is 0 Å². The molecule has 2 heterocycles. The fraction of sp³-hybridized carbons (Fsp3) is 0.375. The lowest BCUT2D eigenvalue weighted by Crippen LogP contribution is -2.30. The van der Waals surface area contributed by atoms with Crippen LogP contribution in [0.5, 0.6) is 0 Å². The molecule has 2 saturated heterocycles. The van der Waals surface area contributed by atoms with Gasteiger partial charge in [-0.2, -0.15) is 13.2 Å². The lowest BCUT2D eigenvalue weighted by molar-refractivity contribution is -0.137. The van der Waals surface area contributed by atoms with Crippen molar-refractivity contribution in [3.8, 4) is 0 Å². The normalized spacial score (nSPS) is 21.0. The molecule has 0 atom stereocenters. The summed E-state index contributed by atoms with van der Waals surface area (Å²) in [6.45, 7) is 1.56. The first kappa shape index (κ1) is 17.3. The van der Waals surface area contributed by atoms with Gasteiger partial charge in [0.15, 0.2) is 0 Å². The number of benzene rings is 1. The molecule has 2 aliphatic rings. The molecule has 0 bridgehead atoms. The summed E-state index contributed by atoms with van der Waals surface area (Å²) in [5, 5.41) is 2.58. The maximum atomic E-state index is 12.8. The van der Waals surface area contributed by atoms with Crippen molar-refractivity contribution in [2.75, 3.05) is 13.1 Å². The molecule has 0 saturated carbocycles. The Hall–Kier alpha value is -1.54. The highest BCUT2D eigenvalue weighted by Crippen LogP contribution is 2.37. The van der Waals surface area contributed by atoms with Crippen molar-refractivity contribution in [1.29, 1.82) is 0 Å². The molecule has 2 fully saturated rings. The van der Waals surface area contributed by atoms with Gasteiger partial charge in [-0.25, -0.2) is 0 Å². The van der Waals surface area contributed by atoms with Crippen LogP contribution in [0.4, 0.5) is 13.2 Å². The smallest absolute Gasteiger partial charge is 0.370 e. The Morgan fingerprint density at radius 3 is 2.25 bits per heavy atom. The van der Waals surface area contributed by atoms with Gasteiger partial charge in [-0.05, 0) is 37.0 Å². The Morgan fingerprint density at radius 1 is 1.12 bits per heavy atom. The second-order valence-corrected chi connectivity index (χ2v) is 7.33. The number of thiocarbonyl (C=S) groups is 1. The first-order valence-corrected chi connectivity index (χ1v) is 8.79. The Balaban J connectivity index is 2.03. The van der Waals surface area contributed by atoms with Crippen molar-refractivity contribution in [3.05, 3.63) is 40.3 Å². The lowest BCUT2D eigenvalue weighted by Gasteiger charge is -2.32. The minimum Gasteiger partial charge on any atom is -0.370 e. The summed E-state index contributed by atoms with van der Waals surface area (Å²) in [5.41, 5.74) is 0.575. The van der Waals surface area contributed by atoms with Crippen LogP contribution in [0, 0.1) is 0 Å². The van der Waals surface area contributed by atoms with E-state index >= 15 is 0 Å². The predicted molar refractivity (Wildman–Crippen MR) is 92.1 cm³/mol. The highest BCUT2D eigenvalue weighted by Gasteiger charge is 2.32. The number of alkyl halides is 3. The van der Waals surface area contributed by atoms with E-state index in [0.717, 1.165) is 44.5 Å². The highest BCUT2D eigenvalue weighted by atomic mass is 32.2. The third-order valence-electron chi connectivity index (χ3n) is 3.99. The summed E-state index contributed by atoms with van der Waals surface area (Å²) in [7, 11) is 0. The van der Waals surface area contributed by atoms with Crippen molar-refractivity contribution in [2.24, 2.45) is 0 Å². The SMILES string of the molecule is O=C1NC(=S)SC1=C(c1ccc(C(F)(F)F)cc1)N1CCCCC1. The number of hydrogen-bond acceptors (Lipinski definition) is 4. The molecule has 0 aromatic heterocycles. The Kier molecular flexibility index (Phi) is 4.87. The number of likely N-dealkylation sites (tertiary alicyclic amines) is 1. The second-order valence-electron chi connectivity index (χ2n) is 5.64. The van der Waals surface area contributed by atoms with Crippen LogP contribution in [0.3, 0.4) is 0 Å². The van der Waals surface area contributed by atoms with E-state index in [2.05, 4.69) is 10.2 Å². The van der Waals surface area contributed by atoms with Crippen LogP contribution in [0.15, 0.2) is 29.2 Å². The largest absolute Gasteiger partial charge is 0.416 e. The monoisotopic (exact) mass is 372 g/mol. The van der Waals surface area contributed by atoms with Gasteiger partial charge in [0, 0.05) is 13.1 Å². The van der Waals surface area contributed by atoms with Gasteiger partial charge in [0.05, 0.1) is 11.3 Å². The molecular formula is C16H15F3N2OS2. The highest BCUT2D eigenvalue weighted by molar-refractivity contribution is 8.26. The van der Waals surface area contributed by atoms with Crippen LogP contribution in [-0.4, -0.2) is 28.2 Å². The standard InChI is InChI=1S/C16H15F3N2OS2/c17-16(18,19)11-6-4-10(5-7-11)12(21-8-2-1-3-9-21)13-14(22)20-15(23)24-13/h4-7H,1-3,8-9H2,(H,20,22,23). The lowest BCUT2D eigenvalue weighted by atomic mass is 10.0. The van der Waals surface area contributed by atoms with Gasteiger partial charge in [-0.1, -0.05) is 36.1 Å². The molecule has 0 unspecified atom stereocenters. The third-order valence-corrected chi connectivity index (χ3v) is 5.21. The van der Waals surface area contributed by atoms with Gasteiger partial charge in [0.2, 0.25) is 0 Å². The average Bonchev–Trinajstić information content (AvgIpc) is 2.87. The summed E-state index contributed by atoms with van der Waals surface area (Å²) >= 11 is 6.21. The van der Waals surface area contributed by atoms with Crippen LogP contribution in [0.25, 0.3) is 5.70 Å². The molecule has 8 heteroatoms. The average molecular weight is 372 g/mol. The van der Waals surface area contributed by atoms with Crippen molar-refractivity contribution in [1.82, 2.24) is 10.2 Å². The fourth-order valence-electron chi connectivity index (χ4n) is 2.86. The molecular weight excluding hydrogens is 357 g/mol. The van der Waals surface area contributed by atoms with Gasteiger partial charge in [-0.3, -0.25) is 4.79 Å². The van der Waals surface area contributed by atoms with Gasteiger partial charge >= 0.3 is 6.18 Å². The van der Waals surface area contributed by atoms with Crippen LogP contribution in [0.1, 0.15) is 30.4 Å². The quantitative estimate of drug-likeness (QED) is 0.628. The molecule has 1 N–H and O–H groups in total. The number of piperidine rings is 1. The molecule has 24 heavy (non-hydrogen) atoms. The number of hydrogen-bond donors (Lipinski definition) is 1. The van der Waals surface area contributed by atoms with Crippen molar-refractivity contribution < 1.29 is 18.0 Å². The van der Waals surface area contributed by atoms with Crippen LogP contribution >= 0.6 is 24.0 Å². The van der Waals surface area contributed by atoms with E-state index in [0.29, 0.717) is 20.5 Å². The second kappa shape index (κ2) is 6.76. The van der Waals surface area contributed by atoms with E-state index < -0.39 is 11.7 Å². The summed E-state index contributed by atoms with van der Waals surface area (Å²) in [6.07, 6.45) is -1.27. The van der Waals surface area contributed by atoms with E-state index in [9.17, 15) is 18.0 Å². The first-order chi connectivity index (χ1) is 11.4. The molecule has 0 spiro atoms. The van der Waals surface area contributed by atoms with Crippen molar-refractivity contribution in [2.45, 2.75) is 25.4 Å². The number of carbonyl (C=O) groups excluding carboxylic acids is 1. The molecule has 3 rings (SSSR count). The Bertz CT molecular complexity index is 692. The molecule has 2 aliphatic heterocycles. The number of thioether (sulfide) groups is 1. The molecule has 1 aromatic carbocycles. The van der Waals surface area contributed by atoms with E-state index in [4.69, 9.17) is 12.2 Å². The Morgan fingerprint density at radius 2 is 1.75 bits per heavy atom. The van der Waals surface area contributed by atoms with E-state index in [1.807, 2.05) is 0 Å². The summed E-state index contributed by atoms with van der Waals surface area (Å²) in [6, 6.07) is 4.95. The molecule has 1 aromatic rings. The maximum absolute atomic E-state index is 12.8. The zero-order valence-corrected chi connectivity index (χ0v) is 14.3.